The van der Waals surface area contributed by atoms with Gasteiger partial charge in [-0.05, 0) is 56.2 Å². The number of hydrogen-bond acceptors (Lipinski definition) is 5. The van der Waals surface area contributed by atoms with Crippen molar-refractivity contribution in [3.8, 4) is 0 Å². The largest absolute Gasteiger partial charge is 0.593 e. The molecule has 2 unspecified atom stereocenters. The number of nitrogens with zero attached hydrogens (tertiary/aromatic N) is 2. The first kappa shape index (κ1) is 21.5. The summed E-state index contributed by atoms with van der Waals surface area (Å²) in [7, 11) is 1.72. The van der Waals surface area contributed by atoms with Crippen LogP contribution in [0.1, 0.15) is 30.1 Å². The summed E-state index contributed by atoms with van der Waals surface area (Å²) in [5.74, 6) is -0.287. The van der Waals surface area contributed by atoms with E-state index in [4.69, 9.17) is 11.6 Å². The molecule has 1 saturated heterocycles. The molecule has 2 aliphatic heterocycles. The third-order valence-corrected chi connectivity index (χ3v) is 8.39. The lowest BCUT2D eigenvalue weighted by Crippen LogP contribution is -2.36. The fourth-order valence-corrected chi connectivity index (χ4v) is 6.33. The third kappa shape index (κ3) is 4.20. The Hall–Kier alpha value is -1.71. The van der Waals surface area contributed by atoms with Gasteiger partial charge in [-0.25, -0.2) is 0 Å². The molecular weight excluding hydrogens is 442 g/mol. The van der Waals surface area contributed by atoms with Crippen LogP contribution in [0.15, 0.2) is 46.2 Å². The molecule has 0 aliphatic carbocycles. The number of fused-ring (bicyclic) bond motifs is 1. The van der Waals surface area contributed by atoms with E-state index in [0.29, 0.717) is 21.2 Å². The minimum absolute atomic E-state index is 0.0124. The Morgan fingerprint density at radius 2 is 1.97 bits per heavy atom. The van der Waals surface area contributed by atoms with Gasteiger partial charge in [0.05, 0.1) is 27.3 Å². The average molecular weight is 464 g/mol. The molecule has 158 valence electrons. The monoisotopic (exact) mass is 463 g/mol. The van der Waals surface area contributed by atoms with Crippen LogP contribution >= 0.6 is 23.4 Å². The first-order chi connectivity index (χ1) is 14.3. The van der Waals surface area contributed by atoms with E-state index < -0.39 is 11.4 Å². The van der Waals surface area contributed by atoms with Crippen molar-refractivity contribution < 1.29 is 14.1 Å². The molecule has 2 aromatic carbocycles. The second kappa shape index (κ2) is 8.80. The molecule has 9 heteroatoms. The van der Waals surface area contributed by atoms with Crippen LogP contribution in [0.25, 0.3) is 0 Å². The van der Waals surface area contributed by atoms with E-state index in [-0.39, 0.29) is 17.1 Å². The number of hydrogen-bond donors (Lipinski definition) is 1. The van der Waals surface area contributed by atoms with E-state index in [0.717, 1.165) is 36.5 Å². The van der Waals surface area contributed by atoms with E-state index in [1.54, 1.807) is 42.3 Å². The van der Waals surface area contributed by atoms with Gasteiger partial charge in [-0.3, -0.25) is 9.59 Å². The fourth-order valence-electron chi connectivity index (χ4n) is 3.57. The highest BCUT2D eigenvalue weighted by Gasteiger charge is 2.29. The van der Waals surface area contributed by atoms with Crippen LogP contribution in [-0.4, -0.2) is 46.1 Å². The van der Waals surface area contributed by atoms with E-state index in [1.807, 2.05) is 17.3 Å². The quantitative estimate of drug-likeness (QED) is 0.689. The fraction of sp³-hybridized carbons (Fsp3) is 0.333. The zero-order chi connectivity index (χ0) is 21.4. The van der Waals surface area contributed by atoms with Gasteiger partial charge in [-0.1, -0.05) is 11.6 Å². The van der Waals surface area contributed by atoms with Gasteiger partial charge in [0.25, 0.3) is 5.91 Å². The van der Waals surface area contributed by atoms with Gasteiger partial charge in [-0.2, -0.15) is 0 Å². The van der Waals surface area contributed by atoms with Gasteiger partial charge in [0.15, 0.2) is 4.90 Å². The SMILES string of the molecule is CC1Sc2ccc(C(=O)Nc3ccc([S+]([O-])N4CCCC4)c(Cl)c3)cc2N(C)C1=O. The number of carbonyl (C=O) groups excluding carboxylic acids is 2. The molecule has 0 bridgehead atoms. The van der Waals surface area contributed by atoms with E-state index in [1.165, 1.54) is 11.8 Å². The zero-order valence-electron chi connectivity index (χ0n) is 16.7. The summed E-state index contributed by atoms with van der Waals surface area (Å²) in [6, 6.07) is 10.4. The van der Waals surface area contributed by atoms with Crippen molar-refractivity contribution in [2.24, 2.45) is 0 Å². The van der Waals surface area contributed by atoms with Gasteiger partial charge in [-0.15, -0.1) is 16.1 Å². The lowest BCUT2D eigenvalue weighted by Gasteiger charge is -2.29. The molecule has 0 radical (unpaired) electrons. The Balaban J connectivity index is 1.50. The van der Waals surface area contributed by atoms with E-state index in [9.17, 15) is 14.1 Å². The van der Waals surface area contributed by atoms with Crippen molar-refractivity contribution in [2.45, 2.75) is 34.8 Å². The summed E-state index contributed by atoms with van der Waals surface area (Å²) >= 11 is 6.56. The predicted molar refractivity (Wildman–Crippen MR) is 122 cm³/mol. The number of thioether (sulfide) groups is 1. The van der Waals surface area contributed by atoms with E-state index in [2.05, 4.69) is 5.32 Å². The van der Waals surface area contributed by atoms with Crippen molar-refractivity contribution >= 4 is 57.9 Å². The van der Waals surface area contributed by atoms with Gasteiger partial charge in [0, 0.05) is 36.3 Å². The maximum atomic E-state index is 12.8. The topological polar surface area (TPSA) is 75.7 Å². The van der Waals surface area contributed by atoms with Crippen LogP contribution in [0.5, 0.6) is 0 Å². The summed E-state index contributed by atoms with van der Waals surface area (Å²) in [6.07, 6.45) is 2.08. The molecule has 2 atom stereocenters. The first-order valence-corrected chi connectivity index (χ1v) is 12.1. The Labute approximate surface area is 188 Å². The van der Waals surface area contributed by atoms with Crippen LogP contribution < -0.4 is 10.2 Å². The molecule has 6 nitrogen and oxygen atoms in total. The molecule has 1 N–H and O–H groups in total. The molecule has 2 aromatic rings. The summed E-state index contributed by atoms with van der Waals surface area (Å²) in [5, 5.41) is 3.05. The second-order valence-electron chi connectivity index (χ2n) is 7.32. The molecule has 2 aliphatic rings. The summed E-state index contributed by atoms with van der Waals surface area (Å²) in [5.41, 5.74) is 1.70. The lowest BCUT2D eigenvalue weighted by atomic mass is 10.1. The molecule has 0 saturated carbocycles. The molecule has 2 heterocycles. The number of rotatable bonds is 4. The van der Waals surface area contributed by atoms with Gasteiger partial charge >= 0.3 is 0 Å². The smallest absolute Gasteiger partial charge is 0.255 e. The standard InChI is InChI=1S/C21H22ClN3O3S2/c1-13-21(27)24(2)17-11-14(5-7-18(17)29-13)20(26)23-15-6-8-19(16(22)12-15)30(28)25-9-3-4-10-25/h5-8,11-13H,3-4,9-10H2,1-2H3,(H,23,26). The Morgan fingerprint density at radius 3 is 2.67 bits per heavy atom. The van der Waals surface area contributed by atoms with Crippen molar-refractivity contribution in [1.29, 1.82) is 0 Å². The number of amides is 2. The lowest BCUT2D eigenvalue weighted by molar-refractivity contribution is -0.117. The second-order valence-corrected chi connectivity index (χ2v) is 10.6. The highest BCUT2D eigenvalue weighted by Crippen LogP contribution is 2.39. The molecule has 0 aromatic heterocycles. The van der Waals surface area contributed by atoms with Crippen LogP contribution in [-0.2, 0) is 16.2 Å². The highest BCUT2D eigenvalue weighted by atomic mass is 35.5. The number of anilines is 2. The third-order valence-electron chi connectivity index (χ3n) is 5.24. The van der Waals surface area contributed by atoms with Gasteiger partial charge in [0.2, 0.25) is 5.91 Å². The molecule has 30 heavy (non-hydrogen) atoms. The first-order valence-electron chi connectivity index (χ1n) is 9.71. The summed E-state index contributed by atoms with van der Waals surface area (Å²) < 4.78 is 14.6. The predicted octanol–water partition coefficient (Wildman–Crippen LogP) is 4.17. The van der Waals surface area contributed by atoms with Crippen LogP contribution in [0.4, 0.5) is 11.4 Å². The minimum atomic E-state index is -1.29. The van der Waals surface area contributed by atoms with Gasteiger partial charge < -0.3 is 14.8 Å². The normalized spacial score (nSPS) is 20.2. The number of nitrogens with one attached hydrogen (secondary N) is 1. The maximum Gasteiger partial charge on any atom is 0.255 e. The minimum Gasteiger partial charge on any atom is -0.593 e. The average Bonchev–Trinajstić information content (AvgIpc) is 3.26. The molecule has 2 amide bonds. The van der Waals surface area contributed by atoms with Crippen LogP contribution in [0.2, 0.25) is 5.02 Å². The van der Waals surface area contributed by atoms with Gasteiger partial charge in [0.1, 0.15) is 0 Å². The highest BCUT2D eigenvalue weighted by molar-refractivity contribution is 8.01. The summed E-state index contributed by atoms with van der Waals surface area (Å²) in [6.45, 7) is 3.47. The van der Waals surface area contributed by atoms with Crippen LogP contribution in [0, 0.1) is 0 Å². The zero-order valence-corrected chi connectivity index (χ0v) is 19.1. The van der Waals surface area contributed by atoms with Crippen molar-refractivity contribution in [1.82, 2.24) is 4.31 Å². The van der Waals surface area contributed by atoms with Crippen molar-refractivity contribution in [3.63, 3.8) is 0 Å². The number of halogens is 1. The van der Waals surface area contributed by atoms with Crippen molar-refractivity contribution in [3.05, 3.63) is 47.0 Å². The van der Waals surface area contributed by atoms with Crippen LogP contribution in [0.3, 0.4) is 0 Å². The number of benzene rings is 2. The van der Waals surface area contributed by atoms with E-state index >= 15 is 0 Å². The Bertz CT molecular complexity index is 997. The molecule has 0 spiro atoms. The van der Waals surface area contributed by atoms with Crippen molar-refractivity contribution in [2.75, 3.05) is 30.4 Å². The maximum absolute atomic E-state index is 12.8. The molecular formula is C21H22ClN3O3S2. The number of carbonyl (C=O) groups is 2. The Morgan fingerprint density at radius 1 is 1.23 bits per heavy atom. The molecule has 4 rings (SSSR count). The Kier molecular flexibility index (Phi) is 6.31. The summed E-state index contributed by atoms with van der Waals surface area (Å²) in [4.78, 5) is 28.1. The molecule has 1 fully saturated rings.